The van der Waals surface area contributed by atoms with Crippen molar-refractivity contribution in [3.63, 3.8) is 0 Å². The van der Waals surface area contributed by atoms with Gasteiger partial charge >= 0.3 is 0 Å². The molecule has 0 aromatic heterocycles. The minimum atomic E-state index is -4.31. The van der Waals surface area contributed by atoms with Crippen LogP contribution in [0, 0.1) is 11.3 Å². The molecule has 11 heteroatoms. The number of hydrogen-bond donors (Lipinski definition) is 2. The molecular formula is C20H21ClN2O6S2. The van der Waals surface area contributed by atoms with Crippen LogP contribution in [-0.2, 0) is 26.3 Å². The molecule has 0 spiro atoms. The van der Waals surface area contributed by atoms with Gasteiger partial charge in [-0.3, -0.25) is 0 Å². The number of aliphatic hydroxyl groups excluding tert-OH is 1. The first-order chi connectivity index (χ1) is 14.5. The molecule has 0 unspecified atom stereocenters. The van der Waals surface area contributed by atoms with E-state index in [0.717, 1.165) is 15.9 Å². The number of aryl methyl sites for hydroxylation is 1. The minimum absolute atomic E-state index is 0.0720. The van der Waals surface area contributed by atoms with Gasteiger partial charge in [0.05, 0.1) is 28.2 Å². The van der Waals surface area contributed by atoms with E-state index in [0.29, 0.717) is 6.42 Å². The zero-order chi connectivity index (χ0) is 23.0. The van der Waals surface area contributed by atoms with Gasteiger partial charge in [0.25, 0.3) is 0 Å². The lowest BCUT2D eigenvalue weighted by molar-refractivity contribution is 0.00160. The summed E-state index contributed by atoms with van der Waals surface area (Å²) in [6.45, 7) is -0.217. The van der Waals surface area contributed by atoms with Crippen molar-refractivity contribution in [3.8, 4) is 6.07 Å². The van der Waals surface area contributed by atoms with Crippen LogP contribution >= 0.6 is 11.6 Å². The van der Waals surface area contributed by atoms with Crippen molar-refractivity contribution in [1.29, 1.82) is 5.26 Å². The maximum absolute atomic E-state index is 13.2. The molecule has 2 aromatic carbocycles. The molecule has 1 aliphatic rings. The summed E-state index contributed by atoms with van der Waals surface area (Å²) in [6, 6.07) is 11.6. The molecule has 1 saturated heterocycles. The predicted molar refractivity (Wildman–Crippen MR) is 114 cm³/mol. The summed E-state index contributed by atoms with van der Waals surface area (Å²) in [6.07, 6.45) is 0.710. The SMILES string of the molecule is CCc1ccc(S(=O)(=O)[C@H]2CN(S(=O)(=O)c3ccc(C#N)cc3Cl)C[C@@]2(O)CO)cc1. The maximum Gasteiger partial charge on any atom is 0.244 e. The number of nitriles is 1. The van der Waals surface area contributed by atoms with E-state index in [1.54, 1.807) is 12.1 Å². The molecule has 2 aromatic rings. The van der Waals surface area contributed by atoms with Gasteiger partial charge in [0.1, 0.15) is 15.7 Å². The Labute approximate surface area is 186 Å². The highest BCUT2D eigenvalue weighted by Crippen LogP contribution is 2.36. The van der Waals surface area contributed by atoms with E-state index in [9.17, 15) is 27.0 Å². The second kappa shape index (κ2) is 8.50. The van der Waals surface area contributed by atoms with E-state index in [4.69, 9.17) is 16.9 Å². The number of aliphatic hydroxyl groups is 2. The number of benzene rings is 2. The Bertz CT molecular complexity index is 1240. The Morgan fingerprint density at radius 2 is 1.84 bits per heavy atom. The summed E-state index contributed by atoms with van der Waals surface area (Å²) in [4.78, 5) is -0.393. The fourth-order valence-corrected chi connectivity index (χ4v) is 7.62. The highest BCUT2D eigenvalue weighted by molar-refractivity contribution is 7.92. The second-order valence-electron chi connectivity index (χ2n) is 7.35. The van der Waals surface area contributed by atoms with E-state index in [1.165, 1.54) is 24.3 Å². The van der Waals surface area contributed by atoms with E-state index in [2.05, 4.69) is 0 Å². The Kier molecular flexibility index (Phi) is 6.49. The van der Waals surface area contributed by atoms with Gasteiger partial charge in [-0.15, -0.1) is 0 Å². The van der Waals surface area contributed by atoms with Crippen LogP contribution in [0.3, 0.4) is 0 Å². The molecule has 31 heavy (non-hydrogen) atoms. The van der Waals surface area contributed by atoms with Crippen molar-refractivity contribution in [3.05, 3.63) is 58.6 Å². The molecule has 0 bridgehead atoms. The molecule has 166 valence electrons. The van der Waals surface area contributed by atoms with Crippen molar-refractivity contribution in [2.24, 2.45) is 0 Å². The first-order valence-corrected chi connectivity index (χ1v) is 12.7. The summed E-state index contributed by atoms with van der Waals surface area (Å²) in [5, 5.41) is 27.8. The lowest BCUT2D eigenvalue weighted by Crippen LogP contribution is -2.49. The summed E-state index contributed by atoms with van der Waals surface area (Å²) in [5.74, 6) is 0. The Balaban J connectivity index is 2.01. The highest BCUT2D eigenvalue weighted by atomic mass is 35.5. The van der Waals surface area contributed by atoms with Gasteiger partial charge in [-0.1, -0.05) is 30.7 Å². The number of rotatable bonds is 6. The standard InChI is InChI=1S/C20H21ClN2O6S2/c1-2-14-3-6-16(7-4-14)30(26,27)19-11-23(12-20(19,25)13-24)31(28,29)18-8-5-15(10-22)9-17(18)21/h3-9,19,24-25H,2,11-13H2,1H3/t19-,20+/m0/s1. The molecule has 1 fully saturated rings. The molecule has 0 radical (unpaired) electrons. The van der Waals surface area contributed by atoms with Crippen LogP contribution in [0.25, 0.3) is 0 Å². The van der Waals surface area contributed by atoms with Gasteiger partial charge < -0.3 is 10.2 Å². The summed E-state index contributed by atoms with van der Waals surface area (Å²) >= 11 is 6.04. The molecule has 0 aliphatic carbocycles. The zero-order valence-corrected chi connectivity index (χ0v) is 19.0. The first kappa shape index (κ1) is 23.7. The monoisotopic (exact) mass is 484 g/mol. The third-order valence-electron chi connectivity index (χ3n) is 5.41. The van der Waals surface area contributed by atoms with Crippen LogP contribution in [0.1, 0.15) is 18.1 Å². The number of halogens is 1. The Hall–Kier alpha value is -2.00. The van der Waals surface area contributed by atoms with Gasteiger partial charge in [-0.05, 0) is 42.3 Å². The van der Waals surface area contributed by atoms with Crippen LogP contribution in [0.4, 0.5) is 0 Å². The first-order valence-electron chi connectivity index (χ1n) is 9.35. The Morgan fingerprint density at radius 3 is 2.35 bits per heavy atom. The predicted octanol–water partition coefficient (Wildman–Crippen LogP) is 1.34. The van der Waals surface area contributed by atoms with E-state index >= 15 is 0 Å². The number of hydrogen-bond acceptors (Lipinski definition) is 7. The molecule has 2 N–H and O–H groups in total. The fourth-order valence-electron chi connectivity index (χ4n) is 3.55. The van der Waals surface area contributed by atoms with Gasteiger partial charge in [0.15, 0.2) is 9.84 Å². The van der Waals surface area contributed by atoms with Crippen LogP contribution in [0.15, 0.2) is 52.3 Å². The summed E-state index contributed by atoms with van der Waals surface area (Å²) < 4.78 is 53.5. The number of sulfone groups is 1. The summed E-state index contributed by atoms with van der Waals surface area (Å²) in [5.41, 5.74) is -1.12. The van der Waals surface area contributed by atoms with Crippen LogP contribution < -0.4 is 0 Å². The van der Waals surface area contributed by atoms with Gasteiger partial charge in [0, 0.05) is 13.1 Å². The van der Waals surface area contributed by atoms with E-state index < -0.39 is 50.4 Å². The lowest BCUT2D eigenvalue weighted by Gasteiger charge is -2.26. The lowest BCUT2D eigenvalue weighted by atomic mass is 10.1. The van der Waals surface area contributed by atoms with Crippen molar-refractivity contribution >= 4 is 31.5 Å². The van der Waals surface area contributed by atoms with Crippen LogP contribution in [0.2, 0.25) is 5.02 Å². The normalized spacial score (nSPS) is 22.4. The second-order valence-corrected chi connectivity index (χ2v) is 11.8. The van der Waals surface area contributed by atoms with Crippen molar-refractivity contribution in [2.45, 2.75) is 34.0 Å². The average molecular weight is 485 g/mol. The molecule has 3 rings (SSSR count). The van der Waals surface area contributed by atoms with Crippen molar-refractivity contribution in [2.75, 3.05) is 19.7 Å². The molecular weight excluding hydrogens is 464 g/mol. The van der Waals surface area contributed by atoms with Crippen LogP contribution in [0.5, 0.6) is 0 Å². The van der Waals surface area contributed by atoms with E-state index in [-0.39, 0.29) is 20.4 Å². The molecule has 1 heterocycles. The summed E-state index contributed by atoms with van der Waals surface area (Å²) in [7, 11) is -8.48. The quantitative estimate of drug-likeness (QED) is 0.631. The smallest absolute Gasteiger partial charge is 0.244 e. The van der Waals surface area contributed by atoms with Crippen LogP contribution in [-0.4, -0.2) is 61.9 Å². The molecule has 8 nitrogen and oxygen atoms in total. The molecule has 1 aliphatic heterocycles. The number of β-amino-alcohol motifs (C(OH)–C–C–N with tert-alkyl or cyclic N) is 1. The van der Waals surface area contributed by atoms with Crippen molar-refractivity contribution < 1.29 is 27.0 Å². The molecule has 0 amide bonds. The highest BCUT2D eigenvalue weighted by Gasteiger charge is 2.55. The van der Waals surface area contributed by atoms with Crippen molar-refractivity contribution in [1.82, 2.24) is 4.31 Å². The van der Waals surface area contributed by atoms with E-state index in [1.807, 2.05) is 13.0 Å². The third kappa shape index (κ3) is 4.22. The average Bonchev–Trinajstić information content (AvgIpc) is 3.13. The third-order valence-corrected chi connectivity index (χ3v) is 9.97. The number of sulfonamides is 1. The molecule has 2 atom stereocenters. The van der Waals surface area contributed by atoms with Gasteiger partial charge in [-0.25, -0.2) is 16.8 Å². The maximum atomic E-state index is 13.2. The topological polar surface area (TPSA) is 136 Å². The number of nitrogens with zero attached hydrogens (tertiary/aromatic N) is 2. The molecule has 0 saturated carbocycles. The zero-order valence-electron chi connectivity index (χ0n) is 16.6. The largest absolute Gasteiger partial charge is 0.393 e. The van der Waals surface area contributed by atoms with Gasteiger partial charge in [-0.2, -0.15) is 9.57 Å². The minimum Gasteiger partial charge on any atom is -0.393 e. The fraction of sp³-hybridized carbons (Fsp3) is 0.350. The Morgan fingerprint density at radius 1 is 1.19 bits per heavy atom. The van der Waals surface area contributed by atoms with Gasteiger partial charge in [0.2, 0.25) is 10.0 Å².